The standard InChI is InChI=1S/C20H19ClN2O/c1-14(2)16-8-10-17(11-9-16)20-22-19(21)18(13-24)23(20)12-15-6-4-3-5-7-15/h3-11,13-14H,12H2,1-2H3. The zero-order chi connectivity index (χ0) is 17.1. The Bertz CT molecular complexity index is 836. The topological polar surface area (TPSA) is 34.9 Å². The fourth-order valence-electron chi connectivity index (χ4n) is 2.71. The second-order valence-corrected chi connectivity index (χ2v) is 6.44. The Morgan fingerprint density at radius 3 is 2.33 bits per heavy atom. The average molecular weight is 339 g/mol. The van der Waals surface area contributed by atoms with E-state index in [4.69, 9.17) is 11.6 Å². The summed E-state index contributed by atoms with van der Waals surface area (Å²) in [6.45, 7) is 4.87. The van der Waals surface area contributed by atoms with Crippen LogP contribution in [0.4, 0.5) is 0 Å². The molecule has 3 nitrogen and oxygen atoms in total. The molecule has 0 N–H and O–H groups in total. The second-order valence-electron chi connectivity index (χ2n) is 6.08. The van der Waals surface area contributed by atoms with Crippen LogP contribution in [0.3, 0.4) is 0 Å². The Morgan fingerprint density at radius 1 is 1.08 bits per heavy atom. The van der Waals surface area contributed by atoms with E-state index in [-0.39, 0.29) is 5.15 Å². The molecule has 0 aliphatic rings. The number of imidazole rings is 1. The molecule has 0 unspecified atom stereocenters. The molecular formula is C20H19ClN2O. The van der Waals surface area contributed by atoms with Gasteiger partial charge >= 0.3 is 0 Å². The predicted molar refractivity (Wildman–Crippen MR) is 97.7 cm³/mol. The van der Waals surface area contributed by atoms with Gasteiger partial charge in [0.2, 0.25) is 0 Å². The molecule has 3 aromatic rings. The fraction of sp³-hybridized carbons (Fsp3) is 0.200. The van der Waals surface area contributed by atoms with E-state index in [1.807, 2.05) is 47.0 Å². The van der Waals surface area contributed by atoms with Crippen LogP contribution in [-0.2, 0) is 6.54 Å². The van der Waals surface area contributed by atoms with Crippen molar-refractivity contribution in [1.82, 2.24) is 9.55 Å². The van der Waals surface area contributed by atoms with E-state index in [0.29, 0.717) is 24.0 Å². The van der Waals surface area contributed by atoms with Gasteiger partial charge in [0, 0.05) is 12.1 Å². The van der Waals surface area contributed by atoms with Crippen LogP contribution in [0, 0.1) is 0 Å². The Hall–Kier alpha value is -2.39. The van der Waals surface area contributed by atoms with Gasteiger partial charge in [0.1, 0.15) is 11.5 Å². The number of nitrogens with zero attached hydrogens (tertiary/aromatic N) is 2. The summed E-state index contributed by atoms with van der Waals surface area (Å²) < 4.78 is 1.87. The molecule has 0 aliphatic carbocycles. The quantitative estimate of drug-likeness (QED) is 0.600. The van der Waals surface area contributed by atoms with Gasteiger partial charge in [-0.25, -0.2) is 4.98 Å². The minimum atomic E-state index is 0.240. The van der Waals surface area contributed by atoms with Gasteiger partial charge in [0.25, 0.3) is 0 Å². The molecule has 0 saturated heterocycles. The molecule has 0 spiro atoms. The number of hydrogen-bond donors (Lipinski definition) is 0. The van der Waals surface area contributed by atoms with E-state index < -0.39 is 0 Å². The first kappa shape index (κ1) is 16.5. The number of aromatic nitrogens is 2. The number of carbonyl (C=O) groups excluding carboxylic acids is 1. The Labute approximate surface area is 146 Å². The lowest BCUT2D eigenvalue weighted by Crippen LogP contribution is -2.06. The van der Waals surface area contributed by atoms with E-state index in [1.54, 1.807) is 0 Å². The van der Waals surface area contributed by atoms with Crippen molar-refractivity contribution in [3.8, 4) is 11.4 Å². The normalized spacial score (nSPS) is 11.0. The maximum absolute atomic E-state index is 11.5. The average Bonchev–Trinajstić information content (AvgIpc) is 2.91. The Kier molecular flexibility index (Phi) is 4.81. The molecule has 2 aromatic carbocycles. The molecular weight excluding hydrogens is 320 g/mol. The predicted octanol–water partition coefficient (Wildman–Crippen LogP) is 5.19. The molecule has 0 radical (unpaired) electrons. The molecule has 0 amide bonds. The van der Waals surface area contributed by atoms with Crippen LogP contribution in [0.2, 0.25) is 5.15 Å². The summed E-state index contributed by atoms with van der Waals surface area (Å²) in [6, 6.07) is 18.2. The van der Waals surface area contributed by atoms with Gasteiger partial charge in [0.15, 0.2) is 11.4 Å². The monoisotopic (exact) mass is 338 g/mol. The largest absolute Gasteiger partial charge is 0.316 e. The van der Waals surface area contributed by atoms with Crippen molar-refractivity contribution in [2.45, 2.75) is 26.3 Å². The molecule has 1 heterocycles. The maximum Gasteiger partial charge on any atom is 0.169 e. The third-order valence-electron chi connectivity index (χ3n) is 4.09. The van der Waals surface area contributed by atoms with Crippen LogP contribution in [0.1, 0.15) is 41.4 Å². The number of carbonyl (C=O) groups is 1. The van der Waals surface area contributed by atoms with Crippen molar-refractivity contribution >= 4 is 17.9 Å². The van der Waals surface area contributed by atoms with E-state index in [1.165, 1.54) is 5.56 Å². The van der Waals surface area contributed by atoms with Crippen molar-refractivity contribution in [2.75, 3.05) is 0 Å². The van der Waals surface area contributed by atoms with Gasteiger partial charge < -0.3 is 4.57 Å². The van der Waals surface area contributed by atoms with E-state index in [0.717, 1.165) is 17.4 Å². The highest BCUT2D eigenvalue weighted by Crippen LogP contribution is 2.27. The lowest BCUT2D eigenvalue weighted by atomic mass is 10.0. The molecule has 1 aromatic heterocycles. The van der Waals surface area contributed by atoms with Gasteiger partial charge in [-0.15, -0.1) is 0 Å². The van der Waals surface area contributed by atoms with E-state index in [2.05, 4.69) is 31.0 Å². The molecule has 122 valence electrons. The van der Waals surface area contributed by atoms with Gasteiger partial charge in [-0.2, -0.15) is 0 Å². The molecule has 0 saturated carbocycles. The third kappa shape index (κ3) is 3.26. The Morgan fingerprint density at radius 2 is 1.75 bits per heavy atom. The van der Waals surface area contributed by atoms with Gasteiger partial charge in [-0.1, -0.05) is 80.0 Å². The summed E-state index contributed by atoms with van der Waals surface area (Å²) in [6.07, 6.45) is 0.768. The van der Waals surface area contributed by atoms with Crippen LogP contribution < -0.4 is 0 Å². The SMILES string of the molecule is CC(C)c1ccc(-c2nc(Cl)c(C=O)n2Cc2ccccc2)cc1. The summed E-state index contributed by atoms with van der Waals surface area (Å²) in [5, 5.41) is 0.240. The highest BCUT2D eigenvalue weighted by molar-refractivity contribution is 6.31. The van der Waals surface area contributed by atoms with Crippen molar-refractivity contribution < 1.29 is 4.79 Å². The zero-order valence-electron chi connectivity index (χ0n) is 13.7. The molecule has 0 atom stereocenters. The molecule has 0 aliphatic heterocycles. The second kappa shape index (κ2) is 7.02. The van der Waals surface area contributed by atoms with Gasteiger partial charge in [-0.3, -0.25) is 4.79 Å². The number of hydrogen-bond acceptors (Lipinski definition) is 2. The minimum absolute atomic E-state index is 0.240. The maximum atomic E-state index is 11.5. The number of benzene rings is 2. The summed E-state index contributed by atoms with van der Waals surface area (Å²) in [5.74, 6) is 1.18. The summed E-state index contributed by atoms with van der Waals surface area (Å²) >= 11 is 6.18. The molecule has 24 heavy (non-hydrogen) atoms. The van der Waals surface area contributed by atoms with Crippen molar-refractivity contribution in [2.24, 2.45) is 0 Å². The number of halogens is 1. The lowest BCUT2D eigenvalue weighted by Gasteiger charge is -2.11. The van der Waals surface area contributed by atoms with E-state index >= 15 is 0 Å². The number of aldehydes is 1. The van der Waals surface area contributed by atoms with Crippen LogP contribution in [0.25, 0.3) is 11.4 Å². The van der Waals surface area contributed by atoms with Crippen LogP contribution >= 0.6 is 11.6 Å². The molecule has 3 rings (SSSR count). The van der Waals surface area contributed by atoms with Crippen LogP contribution in [0.15, 0.2) is 54.6 Å². The molecule has 0 fully saturated rings. The van der Waals surface area contributed by atoms with Crippen molar-refractivity contribution in [3.05, 3.63) is 76.6 Å². The lowest BCUT2D eigenvalue weighted by molar-refractivity contribution is 0.111. The van der Waals surface area contributed by atoms with E-state index in [9.17, 15) is 4.79 Å². The first-order valence-corrected chi connectivity index (χ1v) is 8.33. The summed E-state index contributed by atoms with van der Waals surface area (Å²) in [5.41, 5.74) is 3.71. The highest BCUT2D eigenvalue weighted by atomic mass is 35.5. The van der Waals surface area contributed by atoms with Gasteiger partial charge in [0.05, 0.1) is 0 Å². The van der Waals surface area contributed by atoms with Crippen LogP contribution in [0.5, 0.6) is 0 Å². The van der Waals surface area contributed by atoms with Gasteiger partial charge in [-0.05, 0) is 17.0 Å². The first-order valence-electron chi connectivity index (χ1n) is 7.95. The fourth-order valence-corrected chi connectivity index (χ4v) is 2.94. The molecule has 4 heteroatoms. The first-order chi connectivity index (χ1) is 11.6. The Balaban J connectivity index is 2.05. The van der Waals surface area contributed by atoms with Crippen LogP contribution in [-0.4, -0.2) is 15.8 Å². The van der Waals surface area contributed by atoms with Crippen molar-refractivity contribution in [3.63, 3.8) is 0 Å². The highest BCUT2D eigenvalue weighted by Gasteiger charge is 2.17. The zero-order valence-corrected chi connectivity index (χ0v) is 14.5. The summed E-state index contributed by atoms with van der Waals surface area (Å²) in [4.78, 5) is 15.9. The third-order valence-corrected chi connectivity index (χ3v) is 4.37. The number of rotatable bonds is 5. The smallest absolute Gasteiger partial charge is 0.169 e. The van der Waals surface area contributed by atoms with Crippen molar-refractivity contribution in [1.29, 1.82) is 0 Å². The minimum Gasteiger partial charge on any atom is -0.316 e. The molecule has 0 bridgehead atoms. The summed E-state index contributed by atoms with van der Waals surface area (Å²) in [7, 11) is 0.